The lowest BCUT2D eigenvalue weighted by atomic mass is 9.68. The molecule has 0 spiro atoms. The van der Waals surface area contributed by atoms with Crippen LogP contribution < -0.4 is 10.6 Å². The van der Waals surface area contributed by atoms with E-state index in [0.29, 0.717) is 28.5 Å². The number of anilines is 2. The van der Waals surface area contributed by atoms with Crippen LogP contribution in [0.5, 0.6) is 0 Å². The molecule has 2 bridgehead atoms. The first-order chi connectivity index (χ1) is 15.6. The summed E-state index contributed by atoms with van der Waals surface area (Å²) in [6, 6.07) is 23.0. The normalized spacial score (nSPS) is 27.4. The highest BCUT2D eigenvalue weighted by Crippen LogP contribution is 2.63. The molecule has 4 heteroatoms. The highest BCUT2D eigenvalue weighted by atomic mass is 35.5. The fraction of sp³-hybridized carbons (Fsp3) is 0.321. The number of carbonyl (C=O) groups excluding carboxylic acids is 1. The van der Waals surface area contributed by atoms with E-state index in [2.05, 4.69) is 53.1 Å². The van der Waals surface area contributed by atoms with Crippen LogP contribution in [0.15, 0.2) is 66.7 Å². The molecular weight excluding hydrogens is 416 g/mol. The zero-order valence-electron chi connectivity index (χ0n) is 18.1. The second-order valence-electron chi connectivity index (χ2n) is 9.64. The number of rotatable bonds is 3. The van der Waals surface area contributed by atoms with E-state index in [1.807, 2.05) is 31.2 Å². The summed E-state index contributed by atoms with van der Waals surface area (Å²) < 4.78 is 0. The fourth-order valence-corrected chi connectivity index (χ4v) is 6.73. The maximum Gasteiger partial charge on any atom is 0.255 e. The Morgan fingerprint density at radius 3 is 2.66 bits per heavy atom. The molecule has 3 aromatic rings. The van der Waals surface area contributed by atoms with Crippen LogP contribution in [0.25, 0.3) is 0 Å². The summed E-state index contributed by atoms with van der Waals surface area (Å²) in [6.45, 7) is 1.93. The van der Waals surface area contributed by atoms with E-state index in [1.54, 1.807) is 0 Å². The number of benzene rings is 3. The van der Waals surface area contributed by atoms with Crippen LogP contribution in [0, 0.1) is 24.7 Å². The quantitative estimate of drug-likeness (QED) is 0.450. The van der Waals surface area contributed by atoms with Crippen molar-refractivity contribution in [1.82, 2.24) is 0 Å². The van der Waals surface area contributed by atoms with Gasteiger partial charge in [-0.05, 0) is 96.9 Å². The van der Waals surface area contributed by atoms with Gasteiger partial charge in [0.1, 0.15) is 0 Å². The van der Waals surface area contributed by atoms with Gasteiger partial charge in [-0.3, -0.25) is 4.79 Å². The Morgan fingerprint density at radius 1 is 1.00 bits per heavy atom. The van der Waals surface area contributed by atoms with Crippen molar-refractivity contribution in [3.63, 3.8) is 0 Å². The molecule has 162 valence electrons. The number of halogens is 1. The summed E-state index contributed by atoms with van der Waals surface area (Å²) >= 11 is 6.24. The Labute approximate surface area is 194 Å². The highest BCUT2D eigenvalue weighted by molar-refractivity contribution is 6.31. The van der Waals surface area contributed by atoms with Gasteiger partial charge in [0.15, 0.2) is 0 Å². The van der Waals surface area contributed by atoms with Crippen molar-refractivity contribution in [2.45, 2.75) is 38.1 Å². The lowest BCUT2D eigenvalue weighted by Crippen LogP contribution is -2.35. The van der Waals surface area contributed by atoms with Gasteiger partial charge in [0.05, 0.1) is 6.04 Å². The van der Waals surface area contributed by atoms with Crippen LogP contribution in [-0.4, -0.2) is 5.91 Å². The number of fused-ring (bicyclic) bond motifs is 7. The van der Waals surface area contributed by atoms with Crippen LogP contribution in [0.2, 0.25) is 5.02 Å². The molecule has 3 nitrogen and oxygen atoms in total. The van der Waals surface area contributed by atoms with Gasteiger partial charge in [0.25, 0.3) is 5.91 Å². The first-order valence-corrected chi connectivity index (χ1v) is 12.0. The van der Waals surface area contributed by atoms with Gasteiger partial charge in [0.2, 0.25) is 0 Å². The van der Waals surface area contributed by atoms with Crippen molar-refractivity contribution in [3.8, 4) is 0 Å². The van der Waals surface area contributed by atoms with E-state index in [4.69, 9.17) is 11.6 Å². The molecule has 0 radical (unpaired) electrons. The minimum Gasteiger partial charge on any atom is -0.378 e. The molecule has 3 aliphatic rings. The molecule has 32 heavy (non-hydrogen) atoms. The summed E-state index contributed by atoms with van der Waals surface area (Å²) in [5.41, 5.74) is 6.25. The van der Waals surface area contributed by atoms with Crippen molar-refractivity contribution in [1.29, 1.82) is 0 Å². The van der Waals surface area contributed by atoms with Gasteiger partial charge in [-0.1, -0.05) is 48.0 Å². The third-order valence-electron chi connectivity index (χ3n) is 8.02. The highest BCUT2D eigenvalue weighted by Gasteiger charge is 2.53. The van der Waals surface area contributed by atoms with Crippen molar-refractivity contribution < 1.29 is 4.79 Å². The smallest absolute Gasteiger partial charge is 0.255 e. The monoisotopic (exact) mass is 442 g/mol. The Bertz CT molecular complexity index is 1190. The number of hydrogen-bond acceptors (Lipinski definition) is 2. The zero-order chi connectivity index (χ0) is 21.8. The van der Waals surface area contributed by atoms with Crippen LogP contribution in [0.1, 0.15) is 58.3 Å². The standard InChI is InChI=1S/C28H27ClN2O/c1-16-22(29)8-5-9-23(16)31-28(32)20-12-13-24-21(15-20)25-18-10-11-19(14-18)26(25)27(30-24)17-6-3-2-4-7-17/h2-9,12-13,15,18-19,25-27,30H,10-11,14H2,1H3,(H,31,32)/t18-,19-,25-,26+,27-/m0/s1. The molecule has 3 aromatic carbocycles. The Kier molecular flexibility index (Phi) is 4.76. The van der Waals surface area contributed by atoms with E-state index >= 15 is 0 Å². The molecule has 1 aliphatic heterocycles. The Morgan fingerprint density at radius 2 is 1.81 bits per heavy atom. The summed E-state index contributed by atoms with van der Waals surface area (Å²) in [7, 11) is 0. The molecule has 1 heterocycles. The SMILES string of the molecule is Cc1c(Cl)cccc1NC(=O)c1ccc2c(c1)[C@@H]1[C@H]3CC[C@@H](C3)[C@H]1[C@H](c1ccccc1)N2. The van der Waals surface area contributed by atoms with Gasteiger partial charge in [-0.25, -0.2) is 0 Å². The number of amides is 1. The molecule has 2 saturated carbocycles. The van der Waals surface area contributed by atoms with Gasteiger partial charge in [-0.2, -0.15) is 0 Å². The zero-order valence-corrected chi connectivity index (χ0v) is 18.9. The predicted octanol–water partition coefficient (Wildman–Crippen LogP) is 7.20. The second-order valence-corrected chi connectivity index (χ2v) is 10.0. The van der Waals surface area contributed by atoms with E-state index in [9.17, 15) is 4.79 Å². The summed E-state index contributed by atoms with van der Waals surface area (Å²) in [4.78, 5) is 13.1. The van der Waals surface area contributed by atoms with E-state index in [1.165, 1.54) is 36.1 Å². The third-order valence-corrected chi connectivity index (χ3v) is 8.43. The Hall–Kier alpha value is -2.78. The van der Waals surface area contributed by atoms with Crippen molar-refractivity contribution in [2.24, 2.45) is 17.8 Å². The molecule has 2 N–H and O–H groups in total. The molecule has 6 rings (SSSR count). The average Bonchev–Trinajstić information content (AvgIpc) is 3.44. The third kappa shape index (κ3) is 3.14. The van der Waals surface area contributed by atoms with E-state index < -0.39 is 0 Å². The molecule has 0 unspecified atom stereocenters. The van der Waals surface area contributed by atoms with Crippen LogP contribution >= 0.6 is 11.6 Å². The van der Waals surface area contributed by atoms with Crippen LogP contribution in [0.3, 0.4) is 0 Å². The molecule has 1 amide bonds. The average molecular weight is 443 g/mol. The van der Waals surface area contributed by atoms with Crippen LogP contribution in [-0.2, 0) is 0 Å². The van der Waals surface area contributed by atoms with Gasteiger partial charge < -0.3 is 10.6 Å². The molecule has 0 aromatic heterocycles. The number of carbonyl (C=O) groups is 1. The molecular formula is C28H27ClN2O. The summed E-state index contributed by atoms with van der Waals surface area (Å²) in [5.74, 6) is 2.53. The summed E-state index contributed by atoms with van der Waals surface area (Å²) in [6.07, 6.45) is 3.96. The molecule has 2 aliphatic carbocycles. The fourth-order valence-electron chi connectivity index (χ4n) is 6.55. The van der Waals surface area contributed by atoms with Gasteiger partial charge in [0, 0.05) is 22.0 Å². The maximum absolute atomic E-state index is 13.1. The minimum absolute atomic E-state index is 0.0805. The number of nitrogens with one attached hydrogen (secondary N) is 2. The molecule has 5 atom stereocenters. The topological polar surface area (TPSA) is 41.1 Å². The van der Waals surface area contributed by atoms with Crippen molar-refractivity contribution in [3.05, 3.63) is 94.0 Å². The van der Waals surface area contributed by atoms with Gasteiger partial charge >= 0.3 is 0 Å². The first-order valence-electron chi connectivity index (χ1n) is 11.6. The lowest BCUT2D eigenvalue weighted by Gasteiger charge is -2.43. The van der Waals surface area contributed by atoms with Crippen LogP contribution in [0.4, 0.5) is 11.4 Å². The second kappa shape index (κ2) is 7.67. The minimum atomic E-state index is -0.0805. The lowest BCUT2D eigenvalue weighted by molar-refractivity contribution is 0.102. The van der Waals surface area contributed by atoms with Crippen molar-refractivity contribution in [2.75, 3.05) is 10.6 Å². The summed E-state index contributed by atoms with van der Waals surface area (Å²) in [5, 5.41) is 7.57. The predicted molar refractivity (Wildman–Crippen MR) is 130 cm³/mol. The van der Waals surface area contributed by atoms with Gasteiger partial charge in [-0.15, -0.1) is 0 Å². The van der Waals surface area contributed by atoms with Crippen molar-refractivity contribution >= 4 is 28.9 Å². The molecule has 0 saturated heterocycles. The maximum atomic E-state index is 13.1. The first kappa shape index (κ1) is 19.9. The molecule has 2 fully saturated rings. The largest absolute Gasteiger partial charge is 0.378 e. The van der Waals surface area contributed by atoms with E-state index in [-0.39, 0.29) is 5.91 Å². The Balaban J connectivity index is 1.35. The number of hydrogen-bond donors (Lipinski definition) is 2. The van der Waals surface area contributed by atoms with E-state index in [0.717, 1.165) is 23.1 Å².